The van der Waals surface area contributed by atoms with Crippen LogP contribution in [0.15, 0.2) is 35.9 Å². The fourth-order valence-corrected chi connectivity index (χ4v) is 3.06. The summed E-state index contributed by atoms with van der Waals surface area (Å²) in [7, 11) is 0. The largest absolute Gasteiger partial charge is 0.444 e. The van der Waals surface area contributed by atoms with E-state index in [-0.39, 0.29) is 22.8 Å². The van der Waals surface area contributed by atoms with Crippen LogP contribution in [0.1, 0.15) is 44.9 Å². The number of hydrogen-bond donors (Lipinski definition) is 0. The van der Waals surface area contributed by atoms with Gasteiger partial charge in [0.25, 0.3) is 0 Å². The molecule has 0 aliphatic heterocycles. The summed E-state index contributed by atoms with van der Waals surface area (Å²) < 4.78 is 43.9. The number of carbonyl (C=O) groups is 1. The molecule has 1 saturated carbocycles. The van der Waals surface area contributed by atoms with E-state index in [1.54, 1.807) is 0 Å². The Bertz CT molecular complexity index is 734. The summed E-state index contributed by atoms with van der Waals surface area (Å²) in [4.78, 5) is 12.5. The first-order valence-corrected chi connectivity index (χ1v) is 7.97. The number of alkyl halides is 3. The van der Waals surface area contributed by atoms with Crippen molar-refractivity contribution < 1.29 is 22.7 Å². The molecule has 3 atom stereocenters. The maximum absolute atomic E-state index is 12.8. The van der Waals surface area contributed by atoms with Crippen molar-refractivity contribution in [2.45, 2.75) is 40.0 Å². The highest BCUT2D eigenvalue weighted by Gasteiger charge is 2.61. The molecule has 3 unspecified atom stereocenters. The number of rotatable bonds is 4. The number of hydrogen-bond acceptors (Lipinski definition) is 2. The van der Waals surface area contributed by atoms with Crippen LogP contribution in [-0.4, -0.2) is 5.97 Å². The summed E-state index contributed by atoms with van der Waals surface area (Å²) in [5.41, 5.74) is 0.166. The van der Waals surface area contributed by atoms with Crippen LogP contribution in [0, 0.1) is 29.6 Å². The van der Waals surface area contributed by atoms with Crippen molar-refractivity contribution in [3.63, 3.8) is 0 Å². The molecule has 1 aliphatic rings. The second-order valence-electron chi connectivity index (χ2n) is 7.18. The summed E-state index contributed by atoms with van der Waals surface area (Å²) in [5.74, 6) is 1.49. The van der Waals surface area contributed by atoms with Crippen molar-refractivity contribution in [3.05, 3.63) is 47.0 Å². The lowest BCUT2D eigenvalue weighted by Crippen LogP contribution is -2.15. The molecule has 0 aromatic heterocycles. The van der Waals surface area contributed by atoms with Crippen LogP contribution in [0.2, 0.25) is 0 Å². The average Bonchev–Trinajstić information content (AvgIpc) is 3.03. The highest BCUT2D eigenvalue weighted by atomic mass is 19.4. The van der Waals surface area contributed by atoms with E-state index in [4.69, 9.17) is 11.2 Å². The Morgan fingerprint density at radius 3 is 2.52 bits per heavy atom. The highest BCUT2D eigenvalue weighted by Crippen LogP contribution is 2.60. The van der Waals surface area contributed by atoms with Crippen LogP contribution in [0.5, 0.6) is 0 Å². The lowest BCUT2D eigenvalue weighted by atomic mass is 10.1. The van der Waals surface area contributed by atoms with Gasteiger partial charge in [-0.3, -0.25) is 4.79 Å². The minimum Gasteiger partial charge on any atom is -0.444 e. The second-order valence-corrected chi connectivity index (χ2v) is 7.18. The lowest BCUT2D eigenvalue weighted by molar-refractivity contribution is -0.149. The third-order valence-electron chi connectivity index (χ3n) is 4.58. The smallest absolute Gasteiger partial charge is 0.416 e. The number of ether oxygens (including phenoxy) is 1. The average molecular weight is 350 g/mol. The zero-order valence-corrected chi connectivity index (χ0v) is 14.6. The predicted octanol–water partition coefficient (Wildman–Crippen LogP) is 5.16. The molecule has 1 fully saturated rings. The molecule has 1 aromatic carbocycles. The topological polar surface area (TPSA) is 26.3 Å². The third-order valence-corrected chi connectivity index (χ3v) is 4.58. The zero-order chi connectivity index (χ0) is 19.0. The van der Waals surface area contributed by atoms with Crippen LogP contribution in [0.3, 0.4) is 0 Å². The van der Waals surface area contributed by atoms with E-state index in [0.29, 0.717) is 0 Å². The molecule has 25 heavy (non-hydrogen) atoms. The first kappa shape index (κ1) is 19.1. The summed E-state index contributed by atoms with van der Waals surface area (Å²) in [5, 5.41) is 0. The maximum atomic E-state index is 12.8. The number of terminal acetylenes is 1. The van der Waals surface area contributed by atoms with Crippen molar-refractivity contribution in [1.29, 1.82) is 0 Å². The zero-order valence-electron chi connectivity index (χ0n) is 14.6. The minimum absolute atomic E-state index is 0.0462. The third kappa shape index (κ3) is 4.07. The summed E-state index contributed by atoms with van der Waals surface area (Å²) in [6, 6.07) is 4.55. The van der Waals surface area contributed by atoms with E-state index < -0.39 is 23.8 Å². The van der Waals surface area contributed by atoms with Crippen molar-refractivity contribution in [3.8, 4) is 12.3 Å². The van der Waals surface area contributed by atoms with Gasteiger partial charge < -0.3 is 4.74 Å². The fraction of sp³-hybridized carbons (Fsp3) is 0.450. The molecule has 134 valence electrons. The molecule has 0 amide bonds. The van der Waals surface area contributed by atoms with Gasteiger partial charge in [-0.05, 0) is 37.3 Å². The molecular formula is C20H21F3O2. The molecule has 0 N–H and O–H groups in total. The molecule has 1 aromatic rings. The number of esters is 1. The monoisotopic (exact) mass is 350 g/mol. The first-order chi connectivity index (χ1) is 11.5. The SMILES string of the molecule is C#CC(OC(=O)C1C(C=C(C)C)C1(C)C)c1cccc(C(F)(F)F)c1. The maximum Gasteiger partial charge on any atom is 0.416 e. The molecule has 5 heteroatoms. The van der Waals surface area contributed by atoms with E-state index in [1.165, 1.54) is 12.1 Å². The van der Waals surface area contributed by atoms with E-state index in [1.807, 2.05) is 33.8 Å². The standard InChI is InChI=1S/C20H21F3O2/c1-6-16(13-8-7-9-14(11-13)20(21,22)23)25-18(24)17-15(10-12(2)3)19(17,4)5/h1,7-11,15-17H,2-5H3. The van der Waals surface area contributed by atoms with Crippen molar-refractivity contribution in [2.75, 3.05) is 0 Å². The molecule has 0 spiro atoms. The molecule has 2 rings (SSSR count). The normalized spacial score (nSPS) is 22.5. The number of allylic oxidation sites excluding steroid dienone is 2. The van der Waals surface area contributed by atoms with Gasteiger partial charge in [0.2, 0.25) is 0 Å². The Kier molecular flexibility index (Phi) is 5.04. The summed E-state index contributed by atoms with van der Waals surface area (Å²) in [6.07, 6.45) is 1.79. The van der Waals surface area contributed by atoms with Gasteiger partial charge in [0, 0.05) is 5.56 Å². The Balaban J connectivity index is 2.17. The molecule has 2 nitrogen and oxygen atoms in total. The van der Waals surface area contributed by atoms with E-state index in [0.717, 1.165) is 17.7 Å². The summed E-state index contributed by atoms with van der Waals surface area (Å²) in [6.45, 7) is 7.81. The van der Waals surface area contributed by atoms with Gasteiger partial charge in [-0.2, -0.15) is 13.2 Å². The van der Waals surface area contributed by atoms with E-state index in [9.17, 15) is 18.0 Å². The number of carbonyl (C=O) groups excluding carboxylic acids is 1. The quantitative estimate of drug-likeness (QED) is 0.426. The molecule has 1 aliphatic carbocycles. The van der Waals surface area contributed by atoms with Crippen LogP contribution in [-0.2, 0) is 15.7 Å². The van der Waals surface area contributed by atoms with E-state index in [2.05, 4.69) is 5.92 Å². The van der Waals surface area contributed by atoms with Gasteiger partial charge in [-0.15, -0.1) is 6.42 Å². The Hall–Kier alpha value is -2.22. The number of halogens is 3. The Morgan fingerprint density at radius 2 is 2.00 bits per heavy atom. The first-order valence-electron chi connectivity index (χ1n) is 7.97. The van der Waals surface area contributed by atoms with Gasteiger partial charge in [0.05, 0.1) is 11.5 Å². The van der Waals surface area contributed by atoms with Crippen LogP contribution in [0.25, 0.3) is 0 Å². The molecular weight excluding hydrogens is 329 g/mol. The number of benzene rings is 1. The van der Waals surface area contributed by atoms with Crippen LogP contribution >= 0.6 is 0 Å². The van der Waals surface area contributed by atoms with Crippen LogP contribution in [0.4, 0.5) is 13.2 Å². The van der Waals surface area contributed by atoms with Gasteiger partial charge >= 0.3 is 12.1 Å². The second kappa shape index (κ2) is 6.59. The predicted molar refractivity (Wildman–Crippen MR) is 89.3 cm³/mol. The van der Waals surface area contributed by atoms with Crippen molar-refractivity contribution in [2.24, 2.45) is 17.3 Å². The molecule has 0 radical (unpaired) electrons. The van der Waals surface area contributed by atoms with Crippen molar-refractivity contribution >= 4 is 5.97 Å². The van der Waals surface area contributed by atoms with Gasteiger partial charge in [0.1, 0.15) is 0 Å². The minimum atomic E-state index is -4.48. The molecule has 0 heterocycles. The molecule has 0 saturated heterocycles. The van der Waals surface area contributed by atoms with Crippen LogP contribution < -0.4 is 0 Å². The fourth-order valence-electron chi connectivity index (χ4n) is 3.06. The molecule has 0 bridgehead atoms. The lowest BCUT2D eigenvalue weighted by Gasteiger charge is -2.15. The summed E-state index contributed by atoms with van der Waals surface area (Å²) >= 11 is 0. The Labute approximate surface area is 146 Å². The highest BCUT2D eigenvalue weighted by molar-refractivity contribution is 5.78. The Morgan fingerprint density at radius 1 is 1.36 bits per heavy atom. The van der Waals surface area contributed by atoms with Gasteiger partial charge in [-0.25, -0.2) is 0 Å². The van der Waals surface area contributed by atoms with Gasteiger partial charge in [-0.1, -0.05) is 43.5 Å². The van der Waals surface area contributed by atoms with E-state index >= 15 is 0 Å². The van der Waals surface area contributed by atoms with Gasteiger partial charge in [0.15, 0.2) is 6.10 Å². The van der Waals surface area contributed by atoms with Crippen molar-refractivity contribution in [1.82, 2.24) is 0 Å².